The van der Waals surface area contributed by atoms with Gasteiger partial charge in [-0.05, 0) is 81.5 Å². The number of benzene rings is 3. The lowest BCUT2D eigenvalue weighted by Crippen LogP contribution is -2.33. The van der Waals surface area contributed by atoms with Crippen LogP contribution in [0.4, 0.5) is 11.4 Å². The largest absolute Gasteiger partial charge is 0.350 e. The first-order valence-corrected chi connectivity index (χ1v) is 10.8. The summed E-state index contributed by atoms with van der Waals surface area (Å²) >= 11 is 0. The molecule has 0 radical (unpaired) electrons. The van der Waals surface area contributed by atoms with Gasteiger partial charge in [0.15, 0.2) is 0 Å². The lowest BCUT2D eigenvalue weighted by molar-refractivity contribution is -0.120. The van der Waals surface area contributed by atoms with E-state index < -0.39 is 0 Å². The summed E-state index contributed by atoms with van der Waals surface area (Å²) < 4.78 is 0. The van der Waals surface area contributed by atoms with Gasteiger partial charge in [-0.15, -0.1) is 0 Å². The highest BCUT2D eigenvalue weighted by Crippen LogP contribution is 2.37. The number of hydrogen-bond donors (Lipinski definition) is 1. The van der Waals surface area contributed by atoms with Gasteiger partial charge in [-0.25, -0.2) is 4.90 Å². The first-order chi connectivity index (χ1) is 15.2. The van der Waals surface area contributed by atoms with E-state index in [-0.39, 0.29) is 11.8 Å². The van der Waals surface area contributed by atoms with Gasteiger partial charge in [0.05, 0.1) is 11.3 Å². The predicted octanol–water partition coefficient (Wildman–Crippen LogP) is 5.93. The number of hydrogen-bond acceptors (Lipinski definition) is 3. The van der Waals surface area contributed by atoms with Gasteiger partial charge in [-0.1, -0.05) is 53.6 Å². The minimum atomic E-state index is -0.335. The summed E-state index contributed by atoms with van der Waals surface area (Å²) in [6.45, 7) is 12.0. The average Bonchev–Trinajstić information content (AvgIpc) is 2.96. The molecule has 4 nitrogen and oxygen atoms in total. The summed E-state index contributed by atoms with van der Waals surface area (Å²) in [5.74, 6) is -0.639. The van der Waals surface area contributed by atoms with Crippen molar-refractivity contribution < 1.29 is 9.59 Å². The number of aryl methyl sites for hydroxylation is 5. The standard InChI is InChI=1S/C28H28N2O2/c1-16-10-12-22(19(4)14-16)25-26(29-23-9-7-8-18(3)21(23)6)28(32)30(27(25)31)24-13-11-17(2)15-20(24)5/h7-15,29H,1-6H3. The fourth-order valence-corrected chi connectivity index (χ4v) is 4.29. The molecule has 1 heterocycles. The molecule has 1 N–H and O–H groups in total. The molecule has 2 amide bonds. The van der Waals surface area contributed by atoms with E-state index in [1.54, 1.807) is 0 Å². The Morgan fingerprint density at radius 2 is 1.34 bits per heavy atom. The van der Waals surface area contributed by atoms with E-state index >= 15 is 0 Å². The van der Waals surface area contributed by atoms with Gasteiger partial charge < -0.3 is 5.32 Å². The van der Waals surface area contributed by atoms with Crippen LogP contribution < -0.4 is 10.2 Å². The van der Waals surface area contributed by atoms with Crippen molar-refractivity contribution in [3.63, 3.8) is 0 Å². The summed E-state index contributed by atoms with van der Waals surface area (Å²) in [6, 6.07) is 17.6. The van der Waals surface area contributed by atoms with Crippen molar-refractivity contribution >= 4 is 28.8 Å². The summed E-state index contributed by atoms with van der Waals surface area (Å²) in [5, 5.41) is 3.32. The van der Waals surface area contributed by atoms with Crippen LogP contribution in [0, 0.1) is 41.5 Å². The molecule has 3 aromatic carbocycles. The molecule has 0 saturated carbocycles. The van der Waals surface area contributed by atoms with E-state index in [1.165, 1.54) is 4.90 Å². The molecule has 0 aromatic heterocycles. The van der Waals surface area contributed by atoms with Crippen LogP contribution in [0.2, 0.25) is 0 Å². The second-order valence-electron chi connectivity index (χ2n) is 8.68. The fourth-order valence-electron chi connectivity index (χ4n) is 4.29. The average molecular weight is 425 g/mol. The second kappa shape index (κ2) is 8.12. The van der Waals surface area contributed by atoms with Crippen molar-refractivity contribution in [1.82, 2.24) is 0 Å². The van der Waals surface area contributed by atoms with Gasteiger partial charge in [-0.3, -0.25) is 9.59 Å². The molecule has 0 saturated heterocycles. The molecular formula is C28H28N2O2. The number of rotatable bonds is 4. The molecule has 162 valence electrons. The Bertz CT molecular complexity index is 1300. The maximum Gasteiger partial charge on any atom is 0.282 e. The summed E-state index contributed by atoms with van der Waals surface area (Å²) in [4.78, 5) is 28.8. The van der Waals surface area contributed by atoms with E-state index in [4.69, 9.17) is 0 Å². The minimum absolute atomic E-state index is 0.304. The lowest BCUT2D eigenvalue weighted by atomic mass is 9.97. The first kappa shape index (κ1) is 21.6. The highest BCUT2D eigenvalue weighted by Gasteiger charge is 2.41. The van der Waals surface area contributed by atoms with Crippen LogP contribution in [0.1, 0.15) is 38.9 Å². The molecule has 1 aliphatic heterocycles. The van der Waals surface area contributed by atoms with Crippen molar-refractivity contribution in [2.24, 2.45) is 0 Å². The second-order valence-corrected chi connectivity index (χ2v) is 8.68. The van der Waals surface area contributed by atoms with Crippen LogP contribution >= 0.6 is 0 Å². The van der Waals surface area contributed by atoms with Gasteiger partial charge in [0.2, 0.25) is 0 Å². The smallest absolute Gasteiger partial charge is 0.282 e. The monoisotopic (exact) mass is 424 g/mol. The van der Waals surface area contributed by atoms with E-state index in [0.717, 1.165) is 44.6 Å². The molecule has 0 fully saturated rings. The van der Waals surface area contributed by atoms with Crippen molar-refractivity contribution in [3.8, 4) is 0 Å². The van der Waals surface area contributed by atoms with Gasteiger partial charge in [0, 0.05) is 5.69 Å². The van der Waals surface area contributed by atoms with Gasteiger partial charge in [0.1, 0.15) is 5.70 Å². The van der Waals surface area contributed by atoms with E-state index in [9.17, 15) is 9.59 Å². The van der Waals surface area contributed by atoms with Crippen LogP contribution in [-0.4, -0.2) is 11.8 Å². The number of anilines is 2. The zero-order chi connectivity index (χ0) is 23.2. The van der Waals surface area contributed by atoms with E-state index in [0.29, 0.717) is 17.0 Å². The summed E-state index contributed by atoms with van der Waals surface area (Å²) in [6.07, 6.45) is 0. The van der Waals surface area contributed by atoms with Gasteiger partial charge in [-0.2, -0.15) is 0 Å². The van der Waals surface area contributed by atoms with Crippen molar-refractivity contribution in [2.45, 2.75) is 41.5 Å². The maximum atomic E-state index is 13.8. The van der Waals surface area contributed by atoms with Crippen LogP contribution in [-0.2, 0) is 9.59 Å². The minimum Gasteiger partial charge on any atom is -0.350 e. The van der Waals surface area contributed by atoms with Crippen LogP contribution in [0.5, 0.6) is 0 Å². The maximum absolute atomic E-state index is 13.8. The SMILES string of the molecule is Cc1ccc(C2=C(Nc3cccc(C)c3C)C(=O)N(c3ccc(C)cc3C)C2=O)c(C)c1. The Kier molecular flexibility index (Phi) is 5.47. The quantitative estimate of drug-likeness (QED) is 0.528. The third-order valence-electron chi connectivity index (χ3n) is 6.19. The number of nitrogens with one attached hydrogen (secondary N) is 1. The van der Waals surface area contributed by atoms with Crippen molar-refractivity contribution in [2.75, 3.05) is 10.2 Å². The Hall–Kier alpha value is -3.66. The molecule has 0 spiro atoms. The van der Waals surface area contributed by atoms with Crippen molar-refractivity contribution in [1.29, 1.82) is 0 Å². The zero-order valence-corrected chi connectivity index (χ0v) is 19.5. The Labute approximate surface area is 189 Å². The highest BCUT2D eigenvalue weighted by molar-refractivity contribution is 6.46. The topological polar surface area (TPSA) is 49.4 Å². The Balaban J connectivity index is 1.90. The number of amides is 2. The van der Waals surface area contributed by atoms with Crippen LogP contribution in [0.25, 0.3) is 5.57 Å². The van der Waals surface area contributed by atoms with E-state index in [2.05, 4.69) is 5.32 Å². The van der Waals surface area contributed by atoms with Crippen LogP contribution in [0.15, 0.2) is 60.3 Å². The first-order valence-electron chi connectivity index (χ1n) is 10.8. The zero-order valence-electron chi connectivity index (χ0n) is 19.5. The highest BCUT2D eigenvalue weighted by atomic mass is 16.2. The number of imide groups is 1. The molecule has 1 aliphatic rings. The fraction of sp³-hybridized carbons (Fsp3) is 0.214. The molecule has 0 unspecified atom stereocenters. The molecule has 4 rings (SSSR count). The predicted molar refractivity (Wildman–Crippen MR) is 131 cm³/mol. The number of carbonyl (C=O) groups is 2. The number of carbonyl (C=O) groups excluding carboxylic acids is 2. The molecule has 4 heteroatoms. The normalized spacial score (nSPS) is 13.9. The molecule has 3 aromatic rings. The van der Waals surface area contributed by atoms with Gasteiger partial charge in [0.25, 0.3) is 11.8 Å². The molecule has 0 atom stereocenters. The molecule has 0 bridgehead atoms. The van der Waals surface area contributed by atoms with Crippen molar-refractivity contribution in [3.05, 3.63) is 99.2 Å². The summed E-state index contributed by atoms with van der Waals surface area (Å²) in [5.41, 5.74) is 9.15. The Morgan fingerprint density at radius 1 is 0.688 bits per heavy atom. The Morgan fingerprint density at radius 3 is 2.00 bits per heavy atom. The molecule has 32 heavy (non-hydrogen) atoms. The van der Waals surface area contributed by atoms with E-state index in [1.807, 2.05) is 96.1 Å². The lowest BCUT2D eigenvalue weighted by Gasteiger charge is -2.18. The number of nitrogens with zero attached hydrogens (tertiary/aromatic N) is 1. The molecular weight excluding hydrogens is 396 g/mol. The third-order valence-corrected chi connectivity index (χ3v) is 6.19. The summed E-state index contributed by atoms with van der Waals surface area (Å²) in [7, 11) is 0. The third kappa shape index (κ3) is 3.62. The van der Waals surface area contributed by atoms with Crippen LogP contribution in [0.3, 0.4) is 0 Å². The van der Waals surface area contributed by atoms with Gasteiger partial charge >= 0.3 is 0 Å². The molecule has 0 aliphatic carbocycles.